The van der Waals surface area contributed by atoms with Crippen molar-refractivity contribution < 1.29 is 15.0 Å². The molecule has 0 saturated heterocycles. The van der Waals surface area contributed by atoms with E-state index in [-0.39, 0.29) is 18.2 Å². The Kier molecular flexibility index (Phi) is 2.83. The number of nitrogens with two attached hydrogens (primary N) is 1. The van der Waals surface area contributed by atoms with Crippen molar-refractivity contribution in [1.82, 2.24) is 0 Å². The first-order chi connectivity index (χ1) is 7.58. The van der Waals surface area contributed by atoms with Gasteiger partial charge in [0.15, 0.2) is 0 Å². The van der Waals surface area contributed by atoms with Crippen LogP contribution in [-0.2, 0) is 24.1 Å². The molecule has 0 heterocycles. The number of fused-ring (bicyclic) bond motifs is 1. The number of carbonyl (C=O) groups is 1. The Labute approximate surface area is 93.7 Å². The van der Waals surface area contributed by atoms with Gasteiger partial charge < -0.3 is 15.9 Å². The Morgan fingerprint density at radius 3 is 2.88 bits per heavy atom. The predicted molar refractivity (Wildman–Crippen MR) is 59.4 cm³/mol. The molecule has 1 aromatic rings. The van der Waals surface area contributed by atoms with Gasteiger partial charge in [-0.05, 0) is 42.0 Å². The van der Waals surface area contributed by atoms with Crippen molar-refractivity contribution in [3.63, 3.8) is 0 Å². The lowest BCUT2D eigenvalue weighted by Gasteiger charge is -2.09. The number of hydrogen-bond donors (Lipinski definition) is 3. The zero-order valence-electron chi connectivity index (χ0n) is 8.94. The number of aromatic hydroxyl groups is 1. The zero-order chi connectivity index (χ0) is 11.7. The van der Waals surface area contributed by atoms with Gasteiger partial charge in [-0.25, -0.2) is 0 Å². The molecule has 0 radical (unpaired) electrons. The van der Waals surface area contributed by atoms with Crippen molar-refractivity contribution in [2.75, 3.05) is 0 Å². The number of hydrogen-bond acceptors (Lipinski definition) is 3. The smallest absolute Gasteiger partial charge is 0.303 e. The van der Waals surface area contributed by atoms with E-state index in [1.54, 1.807) is 6.07 Å². The van der Waals surface area contributed by atoms with Crippen LogP contribution in [0.25, 0.3) is 0 Å². The van der Waals surface area contributed by atoms with Gasteiger partial charge in [0.1, 0.15) is 5.75 Å². The minimum absolute atomic E-state index is 0.0409. The fourth-order valence-corrected chi connectivity index (χ4v) is 2.30. The number of phenolic OH excluding ortho intramolecular Hbond substituents is 1. The summed E-state index contributed by atoms with van der Waals surface area (Å²) < 4.78 is 0. The van der Waals surface area contributed by atoms with E-state index in [0.717, 1.165) is 29.5 Å². The van der Waals surface area contributed by atoms with Crippen LogP contribution in [0.1, 0.15) is 23.1 Å². The van der Waals surface area contributed by atoms with Gasteiger partial charge in [0.05, 0.1) is 0 Å². The summed E-state index contributed by atoms with van der Waals surface area (Å²) >= 11 is 0. The maximum atomic E-state index is 10.5. The van der Waals surface area contributed by atoms with Gasteiger partial charge in [-0.1, -0.05) is 6.07 Å². The summed E-state index contributed by atoms with van der Waals surface area (Å²) in [6, 6.07) is 3.61. The summed E-state index contributed by atoms with van der Waals surface area (Å²) in [4.78, 5) is 10.5. The van der Waals surface area contributed by atoms with E-state index >= 15 is 0 Å². The third-order valence-electron chi connectivity index (χ3n) is 3.04. The van der Waals surface area contributed by atoms with E-state index in [4.69, 9.17) is 10.8 Å². The van der Waals surface area contributed by atoms with Crippen LogP contribution < -0.4 is 5.73 Å². The van der Waals surface area contributed by atoms with Crippen LogP contribution >= 0.6 is 0 Å². The van der Waals surface area contributed by atoms with Crippen LogP contribution in [0.4, 0.5) is 0 Å². The highest BCUT2D eigenvalue weighted by Crippen LogP contribution is 2.31. The largest absolute Gasteiger partial charge is 0.508 e. The van der Waals surface area contributed by atoms with Crippen molar-refractivity contribution in [2.24, 2.45) is 5.73 Å². The number of benzene rings is 1. The summed E-state index contributed by atoms with van der Waals surface area (Å²) in [5.74, 6) is -0.659. The Hall–Kier alpha value is -1.55. The number of carboxylic acid groups (broad SMARTS) is 1. The average molecular weight is 221 g/mol. The summed E-state index contributed by atoms with van der Waals surface area (Å²) in [5, 5.41) is 18.4. The highest BCUT2D eigenvalue weighted by molar-refractivity contribution is 5.67. The third kappa shape index (κ3) is 2.02. The number of carboxylic acids is 1. The lowest BCUT2D eigenvalue weighted by Crippen LogP contribution is -2.19. The summed E-state index contributed by atoms with van der Waals surface area (Å²) in [6.07, 6.45) is 1.96. The molecule has 0 amide bonds. The second-order valence-electron chi connectivity index (χ2n) is 4.26. The molecule has 1 atom stereocenters. The molecular weight excluding hydrogens is 206 g/mol. The highest BCUT2D eigenvalue weighted by Gasteiger charge is 2.22. The molecule has 1 unspecified atom stereocenters. The summed E-state index contributed by atoms with van der Waals surface area (Å²) in [7, 11) is 0. The van der Waals surface area contributed by atoms with Gasteiger partial charge in [-0.3, -0.25) is 4.79 Å². The fraction of sp³-hybridized carbons (Fsp3) is 0.417. The molecule has 4 heteroatoms. The molecule has 1 aromatic carbocycles. The summed E-state index contributed by atoms with van der Waals surface area (Å²) in [5.41, 5.74) is 8.81. The van der Waals surface area contributed by atoms with Crippen LogP contribution in [0.2, 0.25) is 0 Å². The molecule has 1 aliphatic carbocycles. The second kappa shape index (κ2) is 4.14. The Morgan fingerprint density at radius 1 is 1.44 bits per heavy atom. The van der Waals surface area contributed by atoms with Crippen LogP contribution in [0.3, 0.4) is 0 Å². The van der Waals surface area contributed by atoms with E-state index in [0.29, 0.717) is 6.42 Å². The molecule has 0 fully saturated rings. The summed E-state index contributed by atoms with van der Waals surface area (Å²) in [6.45, 7) is 0. The maximum absolute atomic E-state index is 10.5. The average Bonchev–Trinajstić information content (AvgIpc) is 2.57. The molecule has 4 N–H and O–H groups in total. The minimum Gasteiger partial charge on any atom is -0.508 e. The number of rotatable bonds is 3. The van der Waals surface area contributed by atoms with Crippen LogP contribution in [-0.4, -0.2) is 22.2 Å². The van der Waals surface area contributed by atoms with E-state index in [1.165, 1.54) is 0 Å². The standard InChI is InChI=1S/C12H15NO3/c13-8-5-7-1-3-11(14)9(10(7)6-8)2-4-12(15)16/h1,3,8,14H,2,4-6,13H2,(H,15,16). The molecule has 1 aliphatic rings. The van der Waals surface area contributed by atoms with Crippen LogP contribution in [0.15, 0.2) is 12.1 Å². The SMILES string of the molecule is NC1Cc2ccc(O)c(CCC(=O)O)c2C1. The Bertz CT molecular complexity index is 429. The molecule has 0 spiro atoms. The quantitative estimate of drug-likeness (QED) is 0.706. The van der Waals surface area contributed by atoms with E-state index < -0.39 is 5.97 Å². The van der Waals surface area contributed by atoms with Gasteiger partial charge in [0.25, 0.3) is 0 Å². The van der Waals surface area contributed by atoms with Crippen molar-refractivity contribution in [3.05, 3.63) is 28.8 Å². The molecule has 0 saturated carbocycles. The molecule has 2 rings (SSSR count). The van der Waals surface area contributed by atoms with E-state index in [9.17, 15) is 9.90 Å². The predicted octanol–water partition coefficient (Wildman–Crippen LogP) is 0.835. The first-order valence-corrected chi connectivity index (χ1v) is 5.38. The van der Waals surface area contributed by atoms with E-state index in [2.05, 4.69) is 0 Å². The van der Waals surface area contributed by atoms with Gasteiger partial charge in [0, 0.05) is 12.5 Å². The van der Waals surface area contributed by atoms with Gasteiger partial charge in [-0.15, -0.1) is 0 Å². The van der Waals surface area contributed by atoms with Crippen LogP contribution in [0, 0.1) is 0 Å². The van der Waals surface area contributed by atoms with Crippen molar-refractivity contribution in [3.8, 4) is 5.75 Å². The van der Waals surface area contributed by atoms with Gasteiger partial charge in [-0.2, -0.15) is 0 Å². The highest BCUT2D eigenvalue weighted by atomic mass is 16.4. The lowest BCUT2D eigenvalue weighted by molar-refractivity contribution is -0.136. The molecule has 0 bridgehead atoms. The zero-order valence-corrected chi connectivity index (χ0v) is 8.94. The molecule has 86 valence electrons. The van der Waals surface area contributed by atoms with E-state index in [1.807, 2.05) is 6.07 Å². The first kappa shape index (κ1) is 11.0. The Balaban J connectivity index is 2.30. The molecule has 4 nitrogen and oxygen atoms in total. The third-order valence-corrected chi connectivity index (χ3v) is 3.04. The number of aliphatic carboxylic acids is 1. The molecule has 0 aromatic heterocycles. The minimum atomic E-state index is -0.848. The lowest BCUT2D eigenvalue weighted by atomic mass is 9.98. The number of phenols is 1. The normalized spacial score (nSPS) is 18.4. The van der Waals surface area contributed by atoms with Crippen molar-refractivity contribution >= 4 is 5.97 Å². The Morgan fingerprint density at radius 2 is 2.19 bits per heavy atom. The molecular formula is C12H15NO3. The molecule has 0 aliphatic heterocycles. The van der Waals surface area contributed by atoms with Gasteiger partial charge >= 0.3 is 5.97 Å². The fourth-order valence-electron chi connectivity index (χ4n) is 2.30. The van der Waals surface area contributed by atoms with Crippen LogP contribution in [0.5, 0.6) is 5.75 Å². The maximum Gasteiger partial charge on any atom is 0.303 e. The molecule has 16 heavy (non-hydrogen) atoms. The van der Waals surface area contributed by atoms with Crippen molar-refractivity contribution in [2.45, 2.75) is 31.7 Å². The van der Waals surface area contributed by atoms with Crippen molar-refractivity contribution in [1.29, 1.82) is 0 Å². The monoisotopic (exact) mass is 221 g/mol. The van der Waals surface area contributed by atoms with Gasteiger partial charge in [0.2, 0.25) is 0 Å². The second-order valence-corrected chi connectivity index (χ2v) is 4.26. The topological polar surface area (TPSA) is 83.5 Å². The first-order valence-electron chi connectivity index (χ1n) is 5.38.